The van der Waals surface area contributed by atoms with E-state index in [2.05, 4.69) is 29.1 Å². The van der Waals surface area contributed by atoms with Crippen LogP contribution in [-0.2, 0) is 0 Å². The molecule has 3 heteroatoms. The molecule has 0 aromatic carbocycles. The van der Waals surface area contributed by atoms with E-state index in [9.17, 15) is 0 Å². The molecule has 1 N–H and O–H groups in total. The van der Waals surface area contributed by atoms with Gasteiger partial charge in [-0.1, -0.05) is 0 Å². The summed E-state index contributed by atoms with van der Waals surface area (Å²) in [5.74, 6) is 0. The Labute approximate surface area is 66.9 Å². The molecule has 1 aromatic heterocycles. The van der Waals surface area contributed by atoms with Crippen LogP contribution >= 0.6 is 0 Å². The number of nitrogens with zero attached hydrogens (tertiary/aromatic N) is 2. The zero-order valence-electron chi connectivity index (χ0n) is 7.13. The van der Waals surface area contributed by atoms with Gasteiger partial charge >= 0.3 is 0 Å². The minimum atomic E-state index is 0.430. The van der Waals surface area contributed by atoms with Crippen LogP contribution in [0.5, 0.6) is 0 Å². The number of hydrogen-bond donors (Lipinski definition) is 1. The fourth-order valence-corrected chi connectivity index (χ4v) is 0.843. The van der Waals surface area contributed by atoms with Crippen molar-refractivity contribution in [1.29, 1.82) is 0 Å². The number of rotatable bonds is 2. The van der Waals surface area contributed by atoms with Gasteiger partial charge in [-0.3, -0.25) is 0 Å². The van der Waals surface area contributed by atoms with E-state index in [1.807, 2.05) is 6.92 Å². The van der Waals surface area contributed by atoms with Crippen LogP contribution < -0.4 is 5.32 Å². The highest BCUT2D eigenvalue weighted by Crippen LogP contribution is 2.09. The Morgan fingerprint density at radius 2 is 2.18 bits per heavy atom. The summed E-state index contributed by atoms with van der Waals surface area (Å²) in [6, 6.07) is 0.430. The van der Waals surface area contributed by atoms with Crippen molar-refractivity contribution in [3.8, 4) is 0 Å². The van der Waals surface area contributed by atoms with Crippen LogP contribution in [0.25, 0.3) is 0 Å². The van der Waals surface area contributed by atoms with E-state index in [0.29, 0.717) is 6.04 Å². The topological polar surface area (TPSA) is 37.8 Å². The molecule has 0 unspecified atom stereocenters. The van der Waals surface area contributed by atoms with Crippen LogP contribution in [0.1, 0.15) is 19.5 Å². The fourth-order valence-electron chi connectivity index (χ4n) is 0.843. The monoisotopic (exact) mass is 151 g/mol. The van der Waals surface area contributed by atoms with E-state index in [1.165, 1.54) is 0 Å². The largest absolute Gasteiger partial charge is 0.380 e. The Bertz CT molecular complexity index is 233. The van der Waals surface area contributed by atoms with E-state index in [1.54, 1.807) is 12.5 Å². The maximum absolute atomic E-state index is 4.06. The summed E-state index contributed by atoms with van der Waals surface area (Å²) < 4.78 is 0. The third-order valence-electron chi connectivity index (χ3n) is 1.36. The standard InChI is InChI=1S/C8H13N3/c1-6(2)11-8-4-9-5-10-7(8)3/h4-6,11H,1-3H3. The SMILES string of the molecule is Cc1ncncc1NC(C)C. The second-order valence-electron chi connectivity index (χ2n) is 2.82. The van der Waals surface area contributed by atoms with Crippen molar-refractivity contribution < 1.29 is 0 Å². The van der Waals surface area contributed by atoms with E-state index in [-0.39, 0.29) is 0 Å². The number of hydrogen-bond acceptors (Lipinski definition) is 3. The molecule has 0 fully saturated rings. The predicted octanol–water partition coefficient (Wildman–Crippen LogP) is 1.61. The second kappa shape index (κ2) is 3.32. The maximum atomic E-state index is 4.06. The van der Waals surface area contributed by atoms with E-state index in [0.717, 1.165) is 11.4 Å². The Hall–Kier alpha value is -1.12. The van der Waals surface area contributed by atoms with Gasteiger partial charge < -0.3 is 5.32 Å². The highest BCUT2D eigenvalue weighted by atomic mass is 15.0. The fraction of sp³-hybridized carbons (Fsp3) is 0.500. The summed E-state index contributed by atoms with van der Waals surface area (Å²) in [6.07, 6.45) is 3.35. The van der Waals surface area contributed by atoms with Gasteiger partial charge in [0.15, 0.2) is 0 Å². The minimum absolute atomic E-state index is 0.430. The molecule has 1 aromatic rings. The van der Waals surface area contributed by atoms with Crippen LogP contribution in [0, 0.1) is 6.92 Å². The van der Waals surface area contributed by atoms with Crippen LogP contribution in [0.2, 0.25) is 0 Å². The summed E-state index contributed by atoms with van der Waals surface area (Å²) in [5, 5.41) is 3.25. The van der Waals surface area contributed by atoms with Crippen molar-refractivity contribution in [2.45, 2.75) is 26.8 Å². The Morgan fingerprint density at radius 1 is 1.45 bits per heavy atom. The molecule has 11 heavy (non-hydrogen) atoms. The molecule has 0 aliphatic heterocycles. The lowest BCUT2D eigenvalue weighted by atomic mass is 10.3. The van der Waals surface area contributed by atoms with Crippen molar-refractivity contribution in [1.82, 2.24) is 9.97 Å². The first kappa shape index (κ1) is 7.98. The zero-order valence-corrected chi connectivity index (χ0v) is 7.13. The molecule has 0 saturated heterocycles. The third-order valence-corrected chi connectivity index (χ3v) is 1.36. The average molecular weight is 151 g/mol. The Kier molecular flexibility index (Phi) is 2.41. The molecule has 0 amide bonds. The van der Waals surface area contributed by atoms with Crippen LogP contribution in [0.4, 0.5) is 5.69 Å². The van der Waals surface area contributed by atoms with E-state index >= 15 is 0 Å². The van der Waals surface area contributed by atoms with Gasteiger partial charge in [0.2, 0.25) is 0 Å². The molecule has 0 aliphatic carbocycles. The first-order valence-corrected chi connectivity index (χ1v) is 3.73. The zero-order chi connectivity index (χ0) is 8.27. The van der Waals surface area contributed by atoms with Crippen LogP contribution in [0.3, 0.4) is 0 Å². The average Bonchev–Trinajstić information content (AvgIpc) is 1.93. The first-order chi connectivity index (χ1) is 5.20. The summed E-state index contributed by atoms with van der Waals surface area (Å²) in [6.45, 7) is 6.14. The number of anilines is 1. The lowest BCUT2D eigenvalue weighted by Crippen LogP contribution is -2.11. The molecule has 60 valence electrons. The summed E-state index contributed by atoms with van der Waals surface area (Å²) in [7, 11) is 0. The second-order valence-corrected chi connectivity index (χ2v) is 2.82. The van der Waals surface area contributed by atoms with Gasteiger partial charge in [-0.25, -0.2) is 9.97 Å². The lowest BCUT2D eigenvalue weighted by Gasteiger charge is -2.10. The van der Waals surface area contributed by atoms with Crippen molar-refractivity contribution in [2.24, 2.45) is 0 Å². The molecule has 0 aliphatic rings. The highest BCUT2D eigenvalue weighted by Gasteiger charge is 1.98. The van der Waals surface area contributed by atoms with Crippen LogP contribution in [0.15, 0.2) is 12.5 Å². The smallest absolute Gasteiger partial charge is 0.115 e. The van der Waals surface area contributed by atoms with Gasteiger partial charge in [-0.2, -0.15) is 0 Å². The highest BCUT2D eigenvalue weighted by molar-refractivity contribution is 5.44. The molecular formula is C8H13N3. The van der Waals surface area contributed by atoms with Gasteiger partial charge in [0, 0.05) is 6.04 Å². The van der Waals surface area contributed by atoms with E-state index < -0.39 is 0 Å². The number of aryl methyl sites for hydroxylation is 1. The molecule has 0 saturated carbocycles. The normalized spacial score (nSPS) is 10.2. The van der Waals surface area contributed by atoms with Crippen molar-refractivity contribution in [3.05, 3.63) is 18.2 Å². The van der Waals surface area contributed by atoms with Gasteiger partial charge in [-0.15, -0.1) is 0 Å². The number of nitrogens with one attached hydrogen (secondary N) is 1. The first-order valence-electron chi connectivity index (χ1n) is 3.73. The van der Waals surface area contributed by atoms with Crippen molar-refractivity contribution in [2.75, 3.05) is 5.32 Å². The summed E-state index contributed by atoms with van der Waals surface area (Å²) in [4.78, 5) is 7.98. The summed E-state index contributed by atoms with van der Waals surface area (Å²) >= 11 is 0. The van der Waals surface area contributed by atoms with Gasteiger partial charge in [0.1, 0.15) is 6.33 Å². The molecule has 1 rings (SSSR count). The Morgan fingerprint density at radius 3 is 2.73 bits per heavy atom. The van der Waals surface area contributed by atoms with Crippen molar-refractivity contribution in [3.63, 3.8) is 0 Å². The summed E-state index contributed by atoms with van der Waals surface area (Å²) in [5.41, 5.74) is 2.01. The quantitative estimate of drug-likeness (QED) is 0.697. The van der Waals surface area contributed by atoms with Crippen molar-refractivity contribution >= 4 is 5.69 Å². The van der Waals surface area contributed by atoms with Gasteiger partial charge in [-0.05, 0) is 20.8 Å². The lowest BCUT2D eigenvalue weighted by molar-refractivity contribution is 0.889. The predicted molar refractivity (Wildman–Crippen MR) is 45.5 cm³/mol. The molecule has 0 bridgehead atoms. The third kappa shape index (κ3) is 2.18. The molecule has 0 radical (unpaired) electrons. The Balaban J connectivity index is 2.78. The van der Waals surface area contributed by atoms with Gasteiger partial charge in [0.25, 0.3) is 0 Å². The molecule has 1 heterocycles. The molecule has 0 atom stereocenters. The number of aromatic nitrogens is 2. The minimum Gasteiger partial charge on any atom is -0.380 e. The maximum Gasteiger partial charge on any atom is 0.115 e. The van der Waals surface area contributed by atoms with Gasteiger partial charge in [0.05, 0.1) is 17.6 Å². The van der Waals surface area contributed by atoms with Crippen LogP contribution in [-0.4, -0.2) is 16.0 Å². The molecule has 3 nitrogen and oxygen atoms in total. The molecule has 0 spiro atoms. The molecular weight excluding hydrogens is 138 g/mol. The van der Waals surface area contributed by atoms with E-state index in [4.69, 9.17) is 0 Å².